The summed E-state index contributed by atoms with van der Waals surface area (Å²) in [5, 5.41) is 8.63. The van der Waals surface area contributed by atoms with E-state index in [9.17, 15) is 4.79 Å². The van der Waals surface area contributed by atoms with Gasteiger partial charge < -0.3 is 15.6 Å². The second-order valence-electron chi connectivity index (χ2n) is 3.91. The van der Waals surface area contributed by atoms with Gasteiger partial charge >= 0.3 is 5.97 Å². The van der Waals surface area contributed by atoms with Gasteiger partial charge in [0.05, 0.1) is 7.11 Å². The van der Waals surface area contributed by atoms with Crippen LogP contribution in [0, 0.1) is 0 Å². The molecule has 1 aromatic carbocycles. The average molecular weight is 269 g/mol. The third-order valence-electron chi connectivity index (χ3n) is 2.60. The maximum absolute atomic E-state index is 10.5. The lowest BCUT2D eigenvalue weighted by molar-refractivity contribution is -0.138. The fourth-order valence-electron chi connectivity index (χ4n) is 1.53. The smallest absolute Gasteiger partial charge is 0.320 e. The number of hydrogen-bond acceptors (Lipinski definition) is 4. The zero-order valence-corrected chi connectivity index (χ0v) is 11.3. The topological polar surface area (TPSA) is 72.5 Å². The molecule has 0 aliphatic rings. The van der Waals surface area contributed by atoms with Crippen LogP contribution >= 0.6 is 11.8 Å². The van der Waals surface area contributed by atoms with Crippen molar-refractivity contribution >= 4 is 17.7 Å². The van der Waals surface area contributed by atoms with Gasteiger partial charge in [-0.1, -0.05) is 18.2 Å². The van der Waals surface area contributed by atoms with Crippen molar-refractivity contribution in [2.75, 3.05) is 18.6 Å². The fourth-order valence-corrected chi connectivity index (χ4v) is 2.52. The minimum Gasteiger partial charge on any atom is -0.496 e. The Morgan fingerprint density at radius 3 is 2.83 bits per heavy atom. The van der Waals surface area contributed by atoms with Crippen molar-refractivity contribution < 1.29 is 14.6 Å². The molecule has 0 spiro atoms. The lowest BCUT2D eigenvalue weighted by Gasteiger charge is -2.08. The van der Waals surface area contributed by atoms with E-state index in [1.165, 1.54) is 5.56 Å². The summed E-state index contributed by atoms with van der Waals surface area (Å²) in [5.74, 6) is 1.68. The number of methoxy groups -OCH3 is 1. The van der Waals surface area contributed by atoms with Crippen molar-refractivity contribution in [3.63, 3.8) is 0 Å². The van der Waals surface area contributed by atoms with Crippen LogP contribution in [-0.4, -0.2) is 35.7 Å². The Bertz CT molecular complexity index is 384. The molecule has 4 nitrogen and oxygen atoms in total. The Hall–Kier alpha value is -1.20. The molecule has 0 amide bonds. The normalized spacial score (nSPS) is 12.1. The first kappa shape index (κ1) is 14.9. The van der Waals surface area contributed by atoms with Crippen molar-refractivity contribution in [1.29, 1.82) is 0 Å². The lowest BCUT2D eigenvalue weighted by atomic mass is 10.1. The standard InChI is InChI=1S/C13H19NO3S/c1-17-12-5-3-2-4-10(12)6-8-18-9-7-11(14)13(15)16/h2-5,11H,6-9,14H2,1H3,(H,15,16). The minimum absolute atomic E-state index is 0.506. The van der Waals surface area contributed by atoms with Crippen molar-refractivity contribution in [1.82, 2.24) is 0 Å². The molecule has 0 fully saturated rings. The third-order valence-corrected chi connectivity index (χ3v) is 3.62. The van der Waals surface area contributed by atoms with Crippen LogP contribution in [0.5, 0.6) is 5.75 Å². The Kier molecular flexibility index (Phi) is 6.60. The number of hydrogen-bond donors (Lipinski definition) is 2. The molecule has 1 rings (SSSR count). The molecule has 0 aromatic heterocycles. The molecule has 18 heavy (non-hydrogen) atoms. The maximum atomic E-state index is 10.5. The Morgan fingerprint density at radius 2 is 2.17 bits per heavy atom. The molecular weight excluding hydrogens is 250 g/mol. The van der Waals surface area contributed by atoms with Crippen molar-refractivity contribution in [3.8, 4) is 5.75 Å². The number of carboxylic acids is 1. The Labute approximate surface area is 112 Å². The summed E-state index contributed by atoms with van der Waals surface area (Å²) in [7, 11) is 1.66. The monoisotopic (exact) mass is 269 g/mol. The van der Waals surface area contributed by atoms with Crippen molar-refractivity contribution in [2.45, 2.75) is 18.9 Å². The van der Waals surface area contributed by atoms with Gasteiger partial charge in [-0.2, -0.15) is 11.8 Å². The highest BCUT2D eigenvalue weighted by molar-refractivity contribution is 7.99. The van der Waals surface area contributed by atoms with Crippen LogP contribution in [-0.2, 0) is 11.2 Å². The van der Waals surface area contributed by atoms with Gasteiger partial charge in [0, 0.05) is 0 Å². The number of aliphatic carboxylic acids is 1. The summed E-state index contributed by atoms with van der Waals surface area (Å²) < 4.78 is 5.27. The molecule has 0 radical (unpaired) electrons. The zero-order chi connectivity index (χ0) is 13.4. The molecule has 0 heterocycles. The molecule has 0 saturated carbocycles. The van der Waals surface area contributed by atoms with E-state index in [1.807, 2.05) is 24.3 Å². The van der Waals surface area contributed by atoms with Crippen LogP contribution < -0.4 is 10.5 Å². The number of rotatable bonds is 8. The number of aryl methyl sites for hydroxylation is 1. The van der Waals surface area contributed by atoms with Gasteiger partial charge in [-0.05, 0) is 36.0 Å². The summed E-state index contributed by atoms with van der Waals surface area (Å²) in [4.78, 5) is 10.5. The van der Waals surface area contributed by atoms with Gasteiger partial charge in [-0.3, -0.25) is 4.79 Å². The van der Waals surface area contributed by atoms with Gasteiger partial charge in [-0.15, -0.1) is 0 Å². The molecular formula is C13H19NO3S. The molecule has 0 aliphatic heterocycles. The summed E-state index contributed by atoms with van der Waals surface area (Å²) in [6.45, 7) is 0. The number of carbonyl (C=O) groups is 1. The molecule has 0 saturated heterocycles. The van der Waals surface area contributed by atoms with E-state index in [-0.39, 0.29) is 0 Å². The minimum atomic E-state index is -0.930. The van der Waals surface area contributed by atoms with Crippen LogP contribution in [0.2, 0.25) is 0 Å². The molecule has 0 bridgehead atoms. The van der Waals surface area contributed by atoms with E-state index < -0.39 is 12.0 Å². The van der Waals surface area contributed by atoms with Gasteiger partial charge in [0.25, 0.3) is 0 Å². The maximum Gasteiger partial charge on any atom is 0.320 e. The third kappa shape index (κ3) is 4.98. The summed E-state index contributed by atoms with van der Waals surface area (Å²) in [5.41, 5.74) is 6.60. The number of nitrogens with two attached hydrogens (primary N) is 1. The first-order valence-corrected chi connectivity index (χ1v) is 6.98. The van der Waals surface area contributed by atoms with E-state index in [2.05, 4.69) is 0 Å². The van der Waals surface area contributed by atoms with Crippen molar-refractivity contribution in [2.24, 2.45) is 5.73 Å². The highest BCUT2D eigenvalue weighted by Gasteiger charge is 2.10. The van der Waals surface area contributed by atoms with Gasteiger partial charge in [0.1, 0.15) is 11.8 Å². The first-order chi connectivity index (χ1) is 8.65. The number of carboxylic acid groups (broad SMARTS) is 1. The van der Waals surface area contributed by atoms with Crippen LogP contribution in [0.25, 0.3) is 0 Å². The predicted molar refractivity (Wildman–Crippen MR) is 74.3 cm³/mol. The first-order valence-electron chi connectivity index (χ1n) is 5.83. The molecule has 1 atom stereocenters. The van der Waals surface area contributed by atoms with Crippen LogP contribution in [0.1, 0.15) is 12.0 Å². The van der Waals surface area contributed by atoms with E-state index >= 15 is 0 Å². The van der Waals surface area contributed by atoms with E-state index in [1.54, 1.807) is 18.9 Å². The number of thioether (sulfide) groups is 1. The summed E-state index contributed by atoms with van der Waals surface area (Å²) >= 11 is 1.71. The second-order valence-corrected chi connectivity index (χ2v) is 5.13. The molecule has 3 N–H and O–H groups in total. The Morgan fingerprint density at radius 1 is 1.44 bits per heavy atom. The quantitative estimate of drug-likeness (QED) is 0.704. The largest absolute Gasteiger partial charge is 0.496 e. The SMILES string of the molecule is COc1ccccc1CCSCCC(N)C(=O)O. The molecule has 100 valence electrons. The zero-order valence-electron chi connectivity index (χ0n) is 10.5. The van der Waals surface area contributed by atoms with Crippen LogP contribution in [0.4, 0.5) is 0 Å². The van der Waals surface area contributed by atoms with Crippen molar-refractivity contribution in [3.05, 3.63) is 29.8 Å². The lowest BCUT2D eigenvalue weighted by Crippen LogP contribution is -2.30. The molecule has 5 heteroatoms. The highest BCUT2D eigenvalue weighted by atomic mass is 32.2. The van der Waals surface area contributed by atoms with Gasteiger partial charge in [-0.25, -0.2) is 0 Å². The van der Waals surface area contributed by atoms with E-state index in [4.69, 9.17) is 15.6 Å². The number of benzene rings is 1. The number of ether oxygens (including phenoxy) is 1. The average Bonchev–Trinajstić information content (AvgIpc) is 2.38. The van der Waals surface area contributed by atoms with Crippen LogP contribution in [0.15, 0.2) is 24.3 Å². The van der Waals surface area contributed by atoms with Gasteiger partial charge in [0.15, 0.2) is 0 Å². The summed E-state index contributed by atoms with van der Waals surface area (Å²) in [6, 6.07) is 7.18. The van der Waals surface area contributed by atoms with Gasteiger partial charge in [0.2, 0.25) is 0 Å². The molecule has 1 aromatic rings. The fraction of sp³-hybridized carbons (Fsp3) is 0.462. The molecule has 1 unspecified atom stereocenters. The Balaban J connectivity index is 2.24. The molecule has 0 aliphatic carbocycles. The predicted octanol–water partition coefficient (Wildman–Crippen LogP) is 1.77. The van der Waals surface area contributed by atoms with E-state index in [0.29, 0.717) is 6.42 Å². The summed E-state index contributed by atoms with van der Waals surface area (Å²) in [6.07, 6.45) is 1.42. The van der Waals surface area contributed by atoms with Crippen LogP contribution in [0.3, 0.4) is 0 Å². The number of para-hydroxylation sites is 1. The second kappa shape index (κ2) is 8.00. The highest BCUT2D eigenvalue weighted by Crippen LogP contribution is 2.19. The van der Waals surface area contributed by atoms with E-state index in [0.717, 1.165) is 23.7 Å².